The fourth-order valence-corrected chi connectivity index (χ4v) is 1.99. The molecule has 0 fully saturated rings. The summed E-state index contributed by atoms with van der Waals surface area (Å²) in [6.07, 6.45) is 5.93. The Balaban J connectivity index is 2.30. The van der Waals surface area contributed by atoms with E-state index in [-0.39, 0.29) is 11.9 Å². The minimum absolute atomic E-state index is 0.256. The number of aryl methyl sites for hydroxylation is 1. The van der Waals surface area contributed by atoms with Crippen LogP contribution in [-0.2, 0) is 17.6 Å². The van der Waals surface area contributed by atoms with Crippen LogP contribution >= 0.6 is 0 Å². The number of carbonyl (C=O) groups is 1. The molecule has 0 saturated heterocycles. The number of primary amides is 1. The molecule has 0 aliphatic carbocycles. The average Bonchev–Trinajstić information content (AvgIpc) is 2.40. The van der Waals surface area contributed by atoms with Gasteiger partial charge in [0.05, 0.1) is 6.04 Å². The molecule has 1 amide bonds. The van der Waals surface area contributed by atoms with E-state index in [1.807, 2.05) is 0 Å². The van der Waals surface area contributed by atoms with Crippen molar-refractivity contribution in [2.24, 2.45) is 5.73 Å². The van der Waals surface area contributed by atoms with Crippen molar-refractivity contribution in [3.63, 3.8) is 0 Å². The van der Waals surface area contributed by atoms with Crippen LogP contribution in [0, 0.1) is 0 Å². The third-order valence-electron chi connectivity index (χ3n) is 3.38. The fourth-order valence-electron chi connectivity index (χ4n) is 1.99. The SMILES string of the molecule is CCCCCc1ccc(CCNC(C)C(N)=O)cc1. The lowest BCUT2D eigenvalue weighted by molar-refractivity contribution is -0.119. The molecule has 0 aromatic heterocycles. The quantitative estimate of drug-likeness (QED) is 0.672. The summed E-state index contributed by atoms with van der Waals surface area (Å²) in [7, 11) is 0. The van der Waals surface area contributed by atoms with E-state index < -0.39 is 0 Å². The highest BCUT2D eigenvalue weighted by Crippen LogP contribution is 2.09. The maximum absolute atomic E-state index is 10.9. The molecular weight excluding hydrogens is 236 g/mol. The van der Waals surface area contributed by atoms with E-state index in [9.17, 15) is 4.79 Å². The molecule has 1 aromatic rings. The summed E-state index contributed by atoms with van der Waals surface area (Å²) in [6, 6.07) is 8.52. The molecule has 1 unspecified atom stereocenters. The molecule has 0 bridgehead atoms. The van der Waals surface area contributed by atoms with E-state index in [2.05, 4.69) is 36.5 Å². The fraction of sp³-hybridized carbons (Fsp3) is 0.562. The van der Waals surface area contributed by atoms with E-state index in [0.29, 0.717) is 0 Å². The van der Waals surface area contributed by atoms with Gasteiger partial charge in [-0.1, -0.05) is 44.0 Å². The van der Waals surface area contributed by atoms with Gasteiger partial charge in [-0.2, -0.15) is 0 Å². The topological polar surface area (TPSA) is 55.1 Å². The summed E-state index contributed by atoms with van der Waals surface area (Å²) in [4.78, 5) is 10.9. The zero-order valence-electron chi connectivity index (χ0n) is 12.1. The first-order valence-corrected chi connectivity index (χ1v) is 7.24. The molecule has 1 rings (SSSR count). The highest BCUT2D eigenvalue weighted by Gasteiger charge is 2.06. The van der Waals surface area contributed by atoms with Gasteiger partial charge in [-0.25, -0.2) is 0 Å². The van der Waals surface area contributed by atoms with E-state index in [1.54, 1.807) is 6.92 Å². The first-order valence-electron chi connectivity index (χ1n) is 7.24. The number of unbranched alkanes of at least 4 members (excludes halogenated alkanes) is 2. The van der Waals surface area contributed by atoms with Gasteiger partial charge in [0, 0.05) is 0 Å². The van der Waals surface area contributed by atoms with Gasteiger partial charge in [0.15, 0.2) is 0 Å². The number of nitrogens with one attached hydrogen (secondary N) is 1. The third-order valence-corrected chi connectivity index (χ3v) is 3.38. The smallest absolute Gasteiger partial charge is 0.234 e. The number of hydrogen-bond acceptors (Lipinski definition) is 2. The van der Waals surface area contributed by atoms with E-state index >= 15 is 0 Å². The highest BCUT2D eigenvalue weighted by molar-refractivity contribution is 5.79. The molecular formula is C16H26N2O. The third kappa shape index (κ3) is 6.39. The monoisotopic (exact) mass is 262 g/mol. The summed E-state index contributed by atoms with van der Waals surface area (Å²) in [5, 5.41) is 3.11. The van der Waals surface area contributed by atoms with Crippen LogP contribution in [-0.4, -0.2) is 18.5 Å². The molecule has 0 aliphatic heterocycles. The summed E-state index contributed by atoms with van der Waals surface area (Å²) >= 11 is 0. The molecule has 0 aliphatic rings. The Hall–Kier alpha value is -1.35. The van der Waals surface area contributed by atoms with Crippen molar-refractivity contribution < 1.29 is 4.79 Å². The molecule has 0 radical (unpaired) electrons. The maximum atomic E-state index is 10.9. The van der Waals surface area contributed by atoms with Crippen LogP contribution in [0.25, 0.3) is 0 Å². The van der Waals surface area contributed by atoms with Gasteiger partial charge in [-0.15, -0.1) is 0 Å². The minimum Gasteiger partial charge on any atom is -0.368 e. The normalized spacial score (nSPS) is 12.3. The number of amides is 1. The molecule has 106 valence electrons. The average molecular weight is 262 g/mol. The first kappa shape index (κ1) is 15.7. The van der Waals surface area contributed by atoms with Crippen LogP contribution in [0.3, 0.4) is 0 Å². The van der Waals surface area contributed by atoms with Gasteiger partial charge >= 0.3 is 0 Å². The van der Waals surface area contributed by atoms with Crippen LogP contribution < -0.4 is 11.1 Å². The molecule has 3 heteroatoms. The van der Waals surface area contributed by atoms with E-state index in [4.69, 9.17) is 5.73 Å². The molecule has 1 aromatic carbocycles. The molecule has 0 heterocycles. The zero-order chi connectivity index (χ0) is 14.1. The van der Waals surface area contributed by atoms with Crippen molar-refractivity contribution in [3.05, 3.63) is 35.4 Å². The van der Waals surface area contributed by atoms with Crippen molar-refractivity contribution in [2.75, 3.05) is 6.54 Å². The van der Waals surface area contributed by atoms with Crippen molar-refractivity contribution >= 4 is 5.91 Å². The lowest BCUT2D eigenvalue weighted by atomic mass is 10.0. The second kappa shape index (κ2) is 8.70. The number of rotatable bonds is 9. The van der Waals surface area contributed by atoms with Gasteiger partial charge in [-0.3, -0.25) is 4.79 Å². The van der Waals surface area contributed by atoms with Crippen molar-refractivity contribution in [1.82, 2.24) is 5.32 Å². The summed E-state index contributed by atoms with van der Waals surface area (Å²) < 4.78 is 0. The Morgan fingerprint density at radius 3 is 2.26 bits per heavy atom. The molecule has 0 saturated carbocycles. The van der Waals surface area contributed by atoms with Crippen LogP contribution in [0.2, 0.25) is 0 Å². The van der Waals surface area contributed by atoms with Gasteiger partial charge < -0.3 is 11.1 Å². The Morgan fingerprint density at radius 1 is 1.16 bits per heavy atom. The molecule has 3 N–H and O–H groups in total. The van der Waals surface area contributed by atoms with Gasteiger partial charge in [0.2, 0.25) is 5.91 Å². The second-order valence-electron chi connectivity index (χ2n) is 5.10. The standard InChI is InChI=1S/C16H26N2O/c1-3-4-5-6-14-7-9-15(10-8-14)11-12-18-13(2)16(17)19/h7-10,13,18H,3-6,11-12H2,1-2H3,(H2,17,19). The zero-order valence-corrected chi connectivity index (χ0v) is 12.1. The molecule has 0 spiro atoms. The Morgan fingerprint density at radius 2 is 1.74 bits per heavy atom. The van der Waals surface area contributed by atoms with Crippen LogP contribution in [0.1, 0.15) is 44.2 Å². The second-order valence-corrected chi connectivity index (χ2v) is 5.10. The predicted octanol–water partition coefficient (Wildman–Crippen LogP) is 2.43. The van der Waals surface area contributed by atoms with Crippen molar-refractivity contribution in [3.8, 4) is 0 Å². The van der Waals surface area contributed by atoms with Crippen LogP contribution in [0.15, 0.2) is 24.3 Å². The molecule has 1 atom stereocenters. The van der Waals surface area contributed by atoms with Gasteiger partial charge in [0.1, 0.15) is 0 Å². The van der Waals surface area contributed by atoms with Crippen molar-refractivity contribution in [1.29, 1.82) is 0 Å². The Labute approximate surface area is 116 Å². The summed E-state index contributed by atoms with van der Waals surface area (Å²) in [6.45, 7) is 4.79. The lowest BCUT2D eigenvalue weighted by Gasteiger charge is -2.10. The molecule has 19 heavy (non-hydrogen) atoms. The lowest BCUT2D eigenvalue weighted by Crippen LogP contribution is -2.39. The summed E-state index contributed by atoms with van der Waals surface area (Å²) in [5.41, 5.74) is 7.90. The van der Waals surface area contributed by atoms with Gasteiger partial charge in [0.25, 0.3) is 0 Å². The minimum atomic E-state index is -0.300. The van der Waals surface area contributed by atoms with Crippen LogP contribution in [0.4, 0.5) is 0 Å². The Bertz CT molecular complexity index is 373. The van der Waals surface area contributed by atoms with Crippen molar-refractivity contribution in [2.45, 2.75) is 52.0 Å². The number of carbonyl (C=O) groups excluding carboxylic acids is 1. The predicted molar refractivity (Wildman–Crippen MR) is 80.0 cm³/mol. The largest absolute Gasteiger partial charge is 0.368 e. The first-order chi connectivity index (χ1) is 9.13. The highest BCUT2D eigenvalue weighted by atomic mass is 16.1. The number of benzene rings is 1. The molecule has 3 nitrogen and oxygen atoms in total. The summed E-state index contributed by atoms with van der Waals surface area (Å²) in [5.74, 6) is -0.300. The van der Waals surface area contributed by atoms with Gasteiger partial charge in [-0.05, 0) is 43.9 Å². The van der Waals surface area contributed by atoms with Crippen LogP contribution in [0.5, 0.6) is 0 Å². The number of nitrogens with two attached hydrogens (primary N) is 1. The Kier molecular flexibility index (Phi) is 7.19. The van der Waals surface area contributed by atoms with E-state index in [1.165, 1.54) is 36.8 Å². The number of hydrogen-bond donors (Lipinski definition) is 2. The maximum Gasteiger partial charge on any atom is 0.234 e. The van der Waals surface area contributed by atoms with E-state index in [0.717, 1.165) is 13.0 Å².